The fraction of sp³-hybridized carbons (Fsp3) is 0.273. The molecule has 3 nitrogen and oxygen atoms in total. The van der Waals surface area contributed by atoms with E-state index in [4.69, 9.17) is 0 Å². The van der Waals surface area contributed by atoms with Gasteiger partial charge in [-0.2, -0.15) is 0 Å². The molecule has 0 fully saturated rings. The van der Waals surface area contributed by atoms with Crippen molar-refractivity contribution in [1.29, 1.82) is 0 Å². The van der Waals surface area contributed by atoms with E-state index in [2.05, 4.69) is 20.7 Å². The van der Waals surface area contributed by atoms with Gasteiger partial charge in [-0.15, -0.1) is 0 Å². The number of hydrogen-bond acceptors (Lipinski definition) is 3. The second-order valence-corrected chi connectivity index (χ2v) is 4.11. The molecule has 0 unspecified atom stereocenters. The van der Waals surface area contributed by atoms with E-state index < -0.39 is 11.6 Å². The summed E-state index contributed by atoms with van der Waals surface area (Å²) in [6, 6.07) is 4.09. The fourth-order valence-electron chi connectivity index (χ4n) is 1.20. The predicted octanol–water partition coefficient (Wildman–Crippen LogP) is 2.38. The van der Waals surface area contributed by atoms with Crippen molar-refractivity contribution in [3.63, 3.8) is 0 Å². The molecule has 16 heavy (non-hydrogen) atoms. The Kier molecular flexibility index (Phi) is 4.76. The Morgan fingerprint density at radius 3 is 2.69 bits per heavy atom. The van der Waals surface area contributed by atoms with Gasteiger partial charge in [0.25, 0.3) is 0 Å². The van der Waals surface area contributed by atoms with Gasteiger partial charge in [-0.1, -0.05) is 15.9 Å². The van der Waals surface area contributed by atoms with E-state index in [0.717, 1.165) is 0 Å². The largest absolute Gasteiger partial charge is 0.377 e. The fourth-order valence-corrected chi connectivity index (χ4v) is 1.54. The number of methoxy groups -OCH3 is 1. The summed E-state index contributed by atoms with van der Waals surface area (Å²) in [6.45, 7) is -0.135. The standard InChI is InChI=1S/C11H10BrFO3/c1-16-6-8(14)5-11(15)9-3-2-7(12)4-10(9)13/h2-4H,5-6H2,1H3. The highest BCUT2D eigenvalue weighted by Crippen LogP contribution is 2.16. The quantitative estimate of drug-likeness (QED) is 0.617. The van der Waals surface area contributed by atoms with Crippen LogP contribution in [-0.2, 0) is 9.53 Å². The number of hydrogen-bond donors (Lipinski definition) is 0. The minimum absolute atomic E-state index is 0.0762. The van der Waals surface area contributed by atoms with Crippen molar-refractivity contribution in [1.82, 2.24) is 0 Å². The molecule has 0 saturated carbocycles. The molecular weight excluding hydrogens is 279 g/mol. The lowest BCUT2D eigenvalue weighted by Crippen LogP contribution is -2.13. The predicted molar refractivity (Wildman–Crippen MR) is 59.9 cm³/mol. The van der Waals surface area contributed by atoms with Gasteiger partial charge in [0.15, 0.2) is 11.6 Å². The SMILES string of the molecule is COCC(=O)CC(=O)c1ccc(Br)cc1F. The van der Waals surface area contributed by atoms with Gasteiger partial charge in [-0.05, 0) is 18.2 Å². The van der Waals surface area contributed by atoms with Crippen molar-refractivity contribution < 1.29 is 18.7 Å². The number of ketones is 2. The van der Waals surface area contributed by atoms with Crippen LogP contribution in [0.15, 0.2) is 22.7 Å². The van der Waals surface area contributed by atoms with Gasteiger partial charge in [0.05, 0.1) is 12.0 Å². The lowest BCUT2D eigenvalue weighted by Gasteiger charge is -2.02. The molecule has 5 heteroatoms. The third kappa shape index (κ3) is 3.50. The summed E-state index contributed by atoms with van der Waals surface area (Å²) in [5.41, 5.74) is -0.0762. The van der Waals surface area contributed by atoms with Crippen molar-refractivity contribution in [2.24, 2.45) is 0 Å². The van der Waals surface area contributed by atoms with Gasteiger partial charge in [0.2, 0.25) is 0 Å². The average Bonchev–Trinajstić information content (AvgIpc) is 2.17. The van der Waals surface area contributed by atoms with Crippen LogP contribution in [0.4, 0.5) is 4.39 Å². The van der Waals surface area contributed by atoms with Gasteiger partial charge < -0.3 is 4.74 Å². The van der Waals surface area contributed by atoms with E-state index >= 15 is 0 Å². The van der Waals surface area contributed by atoms with E-state index in [0.29, 0.717) is 4.47 Å². The van der Waals surface area contributed by atoms with Crippen molar-refractivity contribution in [3.05, 3.63) is 34.1 Å². The van der Waals surface area contributed by atoms with Crippen molar-refractivity contribution in [3.8, 4) is 0 Å². The summed E-state index contributed by atoms with van der Waals surface area (Å²) in [5, 5.41) is 0. The average molecular weight is 289 g/mol. The van der Waals surface area contributed by atoms with Crippen LogP contribution in [0.1, 0.15) is 16.8 Å². The van der Waals surface area contributed by atoms with Crippen LogP contribution in [0, 0.1) is 5.82 Å². The van der Waals surface area contributed by atoms with Crippen LogP contribution in [0.5, 0.6) is 0 Å². The first kappa shape index (κ1) is 13.0. The van der Waals surface area contributed by atoms with Crippen LogP contribution in [0.2, 0.25) is 0 Å². The third-order valence-electron chi connectivity index (χ3n) is 1.89. The molecule has 1 rings (SSSR count). The van der Waals surface area contributed by atoms with Gasteiger partial charge in [-0.3, -0.25) is 9.59 Å². The van der Waals surface area contributed by atoms with E-state index in [9.17, 15) is 14.0 Å². The zero-order chi connectivity index (χ0) is 12.1. The Bertz CT molecular complexity index is 418. The first-order valence-electron chi connectivity index (χ1n) is 4.53. The van der Waals surface area contributed by atoms with E-state index in [1.807, 2.05) is 0 Å². The van der Waals surface area contributed by atoms with Crippen molar-refractivity contribution in [2.45, 2.75) is 6.42 Å². The number of carbonyl (C=O) groups is 2. The molecule has 0 bridgehead atoms. The topological polar surface area (TPSA) is 43.4 Å². The first-order valence-corrected chi connectivity index (χ1v) is 5.32. The van der Waals surface area contributed by atoms with Crippen LogP contribution in [-0.4, -0.2) is 25.3 Å². The molecule has 0 radical (unpaired) electrons. The Hall–Kier alpha value is -1.07. The number of benzene rings is 1. The number of carbonyl (C=O) groups excluding carboxylic acids is 2. The number of Topliss-reactive ketones (excluding diaryl/α,β-unsaturated/α-hetero) is 2. The highest BCUT2D eigenvalue weighted by molar-refractivity contribution is 9.10. The Morgan fingerprint density at radius 2 is 2.12 bits per heavy atom. The monoisotopic (exact) mass is 288 g/mol. The molecule has 0 spiro atoms. The van der Waals surface area contributed by atoms with Crippen LogP contribution >= 0.6 is 15.9 Å². The summed E-state index contributed by atoms with van der Waals surface area (Å²) in [7, 11) is 1.36. The molecule has 0 aliphatic rings. The maximum Gasteiger partial charge on any atom is 0.173 e. The molecule has 0 atom stereocenters. The van der Waals surface area contributed by atoms with E-state index in [1.54, 1.807) is 6.07 Å². The summed E-state index contributed by atoms with van der Waals surface area (Å²) in [4.78, 5) is 22.7. The highest BCUT2D eigenvalue weighted by Gasteiger charge is 2.15. The summed E-state index contributed by atoms with van der Waals surface area (Å²) in [6.07, 6.45) is -0.341. The van der Waals surface area contributed by atoms with Gasteiger partial charge in [0.1, 0.15) is 12.4 Å². The zero-order valence-electron chi connectivity index (χ0n) is 8.63. The molecular formula is C11H10BrFO3. The Balaban J connectivity index is 2.77. The molecule has 0 aliphatic carbocycles. The molecule has 86 valence electrons. The molecule has 1 aromatic carbocycles. The van der Waals surface area contributed by atoms with Crippen molar-refractivity contribution in [2.75, 3.05) is 13.7 Å². The number of halogens is 2. The van der Waals surface area contributed by atoms with Gasteiger partial charge in [0, 0.05) is 11.6 Å². The maximum absolute atomic E-state index is 13.3. The Labute approximate surface area is 101 Å². The summed E-state index contributed by atoms with van der Waals surface area (Å²) in [5.74, 6) is -1.54. The van der Waals surface area contributed by atoms with Crippen LogP contribution in [0.25, 0.3) is 0 Å². The van der Waals surface area contributed by atoms with E-state index in [1.165, 1.54) is 19.2 Å². The van der Waals surface area contributed by atoms with Gasteiger partial charge >= 0.3 is 0 Å². The number of rotatable bonds is 5. The molecule has 0 saturated heterocycles. The summed E-state index contributed by atoms with van der Waals surface area (Å²) < 4.78 is 18.5. The highest BCUT2D eigenvalue weighted by atomic mass is 79.9. The normalized spacial score (nSPS) is 10.2. The smallest absolute Gasteiger partial charge is 0.173 e. The zero-order valence-corrected chi connectivity index (χ0v) is 10.2. The molecule has 0 aromatic heterocycles. The minimum atomic E-state index is -0.635. The minimum Gasteiger partial charge on any atom is -0.377 e. The Morgan fingerprint density at radius 1 is 1.44 bits per heavy atom. The van der Waals surface area contributed by atoms with E-state index in [-0.39, 0.29) is 24.4 Å². The summed E-state index contributed by atoms with van der Waals surface area (Å²) >= 11 is 3.08. The first-order chi connectivity index (χ1) is 7.54. The lowest BCUT2D eigenvalue weighted by atomic mass is 10.1. The van der Waals surface area contributed by atoms with Gasteiger partial charge in [-0.25, -0.2) is 4.39 Å². The van der Waals surface area contributed by atoms with Crippen LogP contribution < -0.4 is 0 Å². The molecule has 0 N–H and O–H groups in total. The number of ether oxygens (including phenoxy) is 1. The lowest BCUT2D eigenvalue weighted by molar-refractivity contribution is -0.121. The second kappa shape index (κ2) is 5.86. The third-order valence-corrected chi connectivity index (χ3v) is 2.39. The molecule has 1 aromatic rings. The molecule has 0 amide bonds. The maximum atomic E-state index is 13.3. The molecule has 0 heterocycles. The van der Waals surface area contributed by atoms with Crippen LogP contribution in [0.3, 0.4) is 0 Å². The van der Waals surface area contributed by atoms with Crippen molar-refractivity contribution >= 4 is 27.5 Å². The second-order valence-electron chi connectivity index (χ2n) is 3.20. The molecule has 0 aliphatic heterocycles.